The van der Waals surface area contributed by atoms with E-state index in [1.54, 1.807) is 16.8 Å². The molecular weight excluding hydrogens is 296 g/mol. The van der Waals surface area contributed by atoms with Gasteiger partial charge in [-0.2, -0.15) is 0 Å². The van der Waals surface area contributed by atoms with Crippen molar-refractivity contribution in [3.63, 3.8) is 0 Å². The van der Waals surface area contributed by atoms with Gasteiger partial charge < -0.3 is 10.1 Å². The molecule has 1 N–H and O–H groups in total. The zero-order chi connectivity index (χ0) is 15.2. The number of nitrogens with zero attached hydrogens (tertiary/aromatic N) is 1. The van der Waals surface area contributed by atoms with Gasteiger partial charge in [-0.05, 0) is 37.5 Å². The number of carbonyl (C=O) groups is 1. The molecule has 0 unspecified atom stereocenters. The summed E-state index contributed by atoms with van der Waals surface area (Å²) in [5.41, 5.74) is 3.45. The SMILES string of the molecule is O=C(NCCCOC1CCCCC1)c1ccc2ncsc2c1. The van der Waals surface area contributed by atoms with Crippen LogP contribution in [0.15, 0.2) is 23.7 Å². The highest BCUT2D eigenvalue weighted by molar-refractivity contribution is 7.16. The molecule has 118 valence electrons. The average molecular weight is 318 g/mol. The van der Waals surface area contributed by atoms with Crippen molar-refractivity contribution >= 4 is 27.5 Å². The topological polar surface area (TPSA) is 51.2 Å². The maximum Gasteiger partial charge on any atom is 0.251 e. The summed E-state index contributed by atoms with van der Waals surface area (Å²) in [4.78, 5) is 16.3. The maximum absolute atomic E-state index is 12.1. The third-order valence-corrected chi connectivity index (χ3v) is 4.90. The zero-order valence-electron chi connectivity index (χ0n) is 12.7. The molecule has 2 aromatic rings. The van der Waals surface area contributed by atoms with Crippen molar-refractivity contribution in [3.8, 4) is 0 Å². The summed E-state index contributed by atoms with van der Waals surface area (Å²) < 4.78 is 6.91. The molecule has 1 aromatic heterocycles. The Balaban J connectivity index is 1.38. The first kappa shape index (κ1) is 15.4. The first-order chi connectivity index (χ1) is 10.8. The van der Waals surface area contributed by atoms with Gasteiger partial charge in [-0.25, -0.2) is 4.98 Å². The predicted molar refractivity (Wildman–Crippen MR) is 89.4 cm³/mol. The number of hydrogen-bond donors (Lipinski definition) is 1. The minimum atomic E-state index is -0.0204. The van der Waals surface area contributed by atoms with Gasteiger partial charge in [0.05, 0.1) is 21.8 Å². The summed E-state index contributed by atoms with van der Waals surface area (Å²) in [6, 6.07) is 5.63. The third-order valence-electron chi connectivity index (χ3n) is 4.11. The van der Waals surface area contributed by atoms with Gasteiger partial charge in [0.1, 0.15) is 0 Å². The summed E-state index contributed by atoms with van der Waals surface area (Å²) in [6.45, 7) is 1.39. The van der Waals surface area contributed by atoms with Gasteiger partial charge in [0.25, 0.3) is 5.91 Å². The number of nitrogens with one attached hydrogen (secondary N) is 1. The zero-order valence-corrected chi connectivity index (χ0v) is 13.5. The molecule has 0 saturated heterocycles. The van der Waals surface area contributed by atoms with Crippen LogP contribution in [0.1, 0.15) is 48.9 Å². The molecule has 0 aliphatic heterocycles. The van der Waals surface area contributed by atoms with Crippen LogP contribution in [0.5, 0.6) is 0 Å². The van der Waals surface area contributed by atoms with Crippen LogP contribution in [0.3, 0.4) is 0 Å². The van der Waals surface area contributed by atoms with E-state index in [1.165, 1.54) is 32.1 Å². The van der Waals surface area contributed by atoms with Gasteiger partial charge >= 0.3 is 0 Å². The molecule has 4 nitrogen and oxygen atoms in total. The van der Waals surface area contributed by atoms with Crippen LogP contribution in [0, 0.1) is 0 Å². The van der Waals surface area contributed by atoms with Crippen LogP contribution in [-0.4, -0.2) is 30.1 Å². The number of carbonyl (C=O) groups excluding carboxylic acids is 1. The van der Waals surface area contributed by atoms with Crippen LogP contribution >= 0.6 is 11.3 Å². The van der Waals surface area contributed by atoms with Crippen LogP contribution < -0.4 is 5.32 Å². The molecular formula is C17H22N2O2S. The fraction of sp³-hybridized carbons (Fsp3) is 0.529. The minimum absolute atomic E-state index is 0.0204. The molecule has 1 aliphatic carbocycles. The molecule has 0 atom stereocenters. The molecule has 1 aromatic carbocycles. The standard InChI is InChI=1S/C17H22N2O2S/c20-17(13-7-8-15-16(11-13)22-12-19-15)18-9-4-10-21-14-5-2-1-3-6-14/h7-8,11-12,14H,1-6,9-10H2,(H,18,20). The minimum Gasteiger partial charge on any atom is -0.378 e. The Bertz CT molecular complexity index is 620. The van der Waals surface area contributed by atoms with E-state index in [-0.39, 0.29) is 5.91 Å². The molecule has 1 fully saturated rings. The monoisotopic (exact) mass is 318 g/mol. The quantitative estimate of drug-likeness (QED) is 0.825. The summed E-state index contributed by atoms with van der Waals surface area (Å²) in [5, 5.41) is 2.96. The normalized spacial score (nSPS) is 16.0. The number of fused-ring (bicyclic) bond motifs is 1. The van der Waals surface area contributed by atoms with Crippen molar-refractivity contribution < 1.29 is 9.53 Å². The number of amides is 1. The second-order valence-electron chi connectivity index (χ2n) is 5.78. The van der Waals surface area contributed by atoms with Crippen molar-refractivity contribution in [2.45, 2.75) is 44.6 Å². The summed E-state index contributed by atoms with van der Waals surface area (Å²) >= 11 is 1.56. The number of aromatic nitrogens is 1. The predicted octanol–water partition coefficient (Wildman–Crippen LogP) is 3.77. The lowest BCUT2D eigenvalue weighted by Crippen LogP contribution is -2.26. The van der Waals surface area contributed by atoms with Crippen molar-refractivity contribution in [2.24, 2.45) is 0 Å². The molecule has 0 bridgehead atoms. The number of ether oxygens (including phenoxy) is 1. The highest BCUT2D eigenvalue weighted by Crippen LogP contribution is 2.20. The Morgan fingerprint density at radius 2 is 2.18 bits per heavy atom. The lowest BCUT2D eigenvalue weighted by Gasteiger charge is -2.21. The van der Waals surface area contributed by atoms with E-state index in [2.05, 4.69) is 10.3 Å². The van der Waals surface area contributed by atoms with Gasteiger partial charge in [-0.3, -0.25) is 4.79 Å². The second-order valence-corrected chi connectivity index (χ2v) is 6.66. The highest BCUT2D eigenvalue weighted by Gasteiger charge is 2.13. The van der Waals surface area contributed by atoms with Crippen molar-refractivity contribution in [2.75, 3.05) is 13.2 Å². The average Bonchev–Trinajstić information content (AvgIpc) is 3.03. The first-order valence-electron chi connectivity index (χ1n) is 8.06. The van der Waals surface area contributed by atoms with Crippen molar-refractivity contribution in [1.82, 2.24) is 10.3 Å². The Morgan fingerprint density at radius 3 is 3.05 bits per heavy atom. The Morgan fingerprint density at radius 1 is 1.32 bits per heavy atom. The lowest BCUT2D eigenvalue weighted by molar-refractivity contribution is 0.0273. The van der Waals surface area contributed by atoms with Gasteiger partial charge in [0, 0.05) is 18.7 Å². The highest BCUT2D eigenvalue weighted by atomic mass is 32.1. The van der Waals surface area contributed by atoms with E-state index in [9.17, 15) is 4.79 Å². The van der Waals surface area contributed by atoms with E-state index in [0.29, 0.717) is 18.2 Å². The van der Waals surface area contributed by atoms with E-state index >= 15 is 0 Å². The molecule has 0 radical (unpaired) electrons. The maximum atomic E-state index is 12.1. The Hall–Kier alpha value is -1.46. The molecule has 5 heteroatoms. The van der Waals surface area contributed by atoms with Gasteiger partial charge in [0.2, 0.25) is 0 Å². The summed E-state index contributed by atoms with van der Waals surface area (Å²) in [7, 11) is 0. The molecule has 3 rings (SSSR count). The van der Waals surface area contributed by atoms with Gasteiger partial charge in [-0.1, -0.05) is 19.3 Å². The summed E-state index contributed by atoms with van der Waals surface area (Å²) in [5.74, 6) is -0.0204. The summed E-state index contributed by atoms with van der Waals surface area (Å²) in [6.07, 6.45) is 7.63. The van der Waals surface area contributed by atoms with Crippen LogP contribution in [0.25, 0.3) is 10.2 Å². The number of rotatable bonds is 6. The molecule has 1 aliphatic rings. The van der Waals surface area contributed by atoms with Gasteiger partial charge in [-0.15, -0.1) is 11.3 Å². The molecule has 1 saturated carbocycles. The van der Waals surface area contributed by atoms with Gasteiger partial charge in [0.15, 0.2) is 0 Å². The van der Waals surface area contributed by atoms with Crippen molar-refractivity contribution in [1.29, 1.82) is 0 Å². The largest absolute Gasteiger partial charge is 0.378 e. The number of hydrogen-bond acceptors (Lipinski definition) is 4. The van der Waals surface area contributed by atoms with E-state index in [4.69, 9.17) is 4.74 Å². The molecule has 22 heavy (non-hydrogen) atoms. The molecule has 0 spiro atoms. The Kier molecular flexibility index (Phi) is 5.40. The van der Waals surface area contributed by atoms with Crippen LogP contribution in [0.2, 0.25) is 0 Å². The third kappa shape index (κ3) is 4.05. The molecule has 1 heterocycles. The fourth-order valence-corrected chi connectivity index (χ4v) is 3.57. The van der Waals surface area contributed by atoms with E-state index in [1.807, 2.05) is 18.2 Å². The van der Waals surface area contributed by atoms with Crippen LogP contribution in [-0.2, 0) is 4.74 Å². The van der Waals surface area contributed by atoms with Crippen LogP contribution in [0.4, 0.5) is 0 Å². The fourth-order valence-electron chi connectivity index (χ4n) is 2.85. The number of benzene rings is 1. The smallest absolute Gasteiger partial charge is 0.251 e. The van der Waals surface area contributed by atoms with E-state index < -0.39 is 0 Å². The second kappa shape index (κ2) is 7.70. The Labute approximate surface area is 134 Å². The van der Waals surface area contributed by atoms with Crippen molar-refractivity contribution in [3.05, 3.63) is 29.3 Å². The first-order valence-corrected chi connectivity index (χ1v) is 8.94. The van der Waals surface area contributed by atoms with E-state index in [0.717, 1.165) is 23.2 Å². The number of thiazole rings is 1. The lowest BCUT2D eigenvalue weighted by atomic mass is 9.98. The molecule has 1 amide bonds.